The molecule has 0 amide bonds. The van der Waals surface area contributed by atoms with Crippen molar-refractivity contribution in [1.82, 2.24) is 0 Å². The lowest BCUT2D eigenvalue weighted by atomic mass is 9.57. The van der Waals surface area contributed by atoms with E-state index in [0.717, 1.165) is 19.3 Å². The van der Waals surface area contributed by atoms with Crippen LogP contribution in [0.3, 0.4) is 0 Å². The summed E-state index contributed by atoms with van der Waals surface area (Å²) in [7, 11) is 0. The zero-order chi connectivity index (χ0) is 14.7. The van der Waals surface area contributed by atoms with Gasteiger partial charge in [-0.1, -0.05) is 20.8 Å². The van der Waals surface area contributed by atoms with E-state index in [1.165, 1.54) is 6.42 Å². The first-order valence-corrected chi connectivity index (χ1v) is 7.84. The van der Waals surface area contributed by atoms with Gasteiger partial charge in [-0.15, -0.1) is 0 Å². The maximum absolute atomic E-state index is 6.95. The molecule has 2 fully saturated rings. The van der Waals surface area contributed by atoms with Crippen molar-refractivity contribution >= 4 is 0 Å². The van der Waals surface area contributed by atoms with Gasteiger partial charge in [0.1, 0.15) is 0 Å². The fraction of sp³-hybridized carbons (Fsp3) is 1.00. The molecule has 0 spiro atoms. The van der Waals surface area contributed by atoms with Crippen LogP contribution < -0.4 is 5.73 Å². The molecule has 1 saturated heterocycles. The SMILES string of the molecule is CC1CC(C)(C)CC(N)(C2CC(C)(C)OC2(C)C)C1. The number of nitrogens with two attached hydrogens (primary N) is 1. The molecule has 3 unspecified atom stereocenters. The smallest absolute Gasteiger partial charge is 0.0680 e. The van der Waals surface area contributed by atoms with Crippen molar-refractivity contribution in [2.75, 3.05) is 0 Å². The molecule has 0 aromatic carbocycles. The van der Waals surface area contributed by atoms with E-state index in [0.29, 0.717) is 17.3 Å². The quantitative estimate of drug-likeness (QED) is 0.775. The van der Waals surface area contributed by atoms with Crippen molar-refractivity contribution in [1.29, 1.82) is 0 Å². The number of ether oxygens (including phenoxy) is 1. The summed E-state index contributed by atoms with van der Waals surface area (Å²) in [6, 6.07) is 0. The van der Waals surface area contributed by atoms with Crippen LogP contribution in [0.4, 0.5) is 0 Å². The Labute approximate surface area is 119 Å². The van der Waals surface area contributed by atoms with E-state index in [1.807, 2.05) is 0 Å². The molecule has 0 radical (unpaired) electrons. The molecular weight excluding hydrogens is 234 g/mol. The summed E-state index contributed by atoms with van der Waals surface area (Å²) in [6.07, 6.45) is 4.64. The molecule has 0 bridgehead atoms. The molecule has 1 heterocycles. The summed E-state index contributed by atoms with van der Waals surface area (Å²) >= 11 is 0. The van der Waals surface area contributed by atoms with Crippen LogP contribution in [0.5, 0.6) is 0 Å². The Bertz CT molecular complexity index is 358. The molecule has 0 aromatic heterocycles. The number of hydrogen-bond acceptors (Lipinski definition) is 2. The highest BCUT2D eigenvalue weighted by Gasteiger charge is 2.56. The molecule has 2 nitrogen and oxygen atoms in total. The molecule has 2 aliphatic rings. The van der Waals surface area contributed by atoms with E-state index < -0.39 is 0 Å². The number of hydrogen-bond donors (Lipinski definition) is 1. The number of rotatable bonds is 1. The normalized spacial score (nSPS) is 44.2. The Hall–Kier alpha value is -0.0800. The van der Waals surface area contributed by atoms with Crippen LogP contribution in [0.1, 0.15) is 74.1 Å². The van der Waals surface area contributed by atoms with Gasteiger partial charge < -0.3 is 10.5 Å². The van der Waals surface area contributed by atoms with Crippen LogP contribution >= 0.6 is 0 Å². The van der Waals surface area contributed by atoms with Crippen molar-refractivity contribution in [2.24, 2.45) is 23.0 Å². The van der Waals surface area contributed by atoms with Crippen LogP contribution in [-0.2, 0) is 4.74 Å². The van der Waals surface area contributed by atoms with E-state index in [-0.39, 0.29) is 16.7 Å². The summed E-state index contributed by atoms with van der Waals surface area (Å²) in [5, 5.41) is 0. The Morgan fingerprint density at radius 2 is 1.53 bits per heavy atom. The molecule has 1 aliphatic heterocycles. The van der Waals surface area contributed by atoms with Gasteiger partial charge in [0.05, 0.1) is 11.2 Å². The van der Waals surface area contributed by atoms with Crippen LogP contribution in [0.15, 0.2) is 0 Å². The standard InChI is InChI=1S/C17H33NO/c1-12-8-14(2,3)11-17(18,9-12)13-10-15(4,5)19-16(13,6)7/h12-13H,8-11,18H2,1-7H3. The van der Waals surface area contributed by atoms with E-state index in [2.05, 4.69) is 48.5 Å². The first-order chi connectivity index (χ1) is 8.35. The van der Waals surface area contributed by atoms with E-state index >= 15 is 0 Å². The second kappa shape index (κ2) is 4.21. The molecule has 2 rings (SSSR count). The highest BCUT2D eigenvalue weighted by molar-refractivity contribution is 5.09. The average Bonchev–Trinajstić information content (AvgIpc) is 2.29. The second-order valence-corrected chi connectivity index (χ2v) is 9.31. The fourth-order valence-corrected chi connectivity index (χ4v) is 5.42. The van der Waals surface area contributed by atoms with Gasteiger partial charge in [0, 0.05) is 11.5 Å². The first-order valence-electron chi connectivity index (χ1n) is 7.84. The van der Waals surface area contributed by atoms with Crippen LogP contribution in [0.2, 0.25) is 0 Å². The van der Waals surface area contributed by atoms with Crippen molar-refractivity contribution in [3.8, 4) is 0 Å². The molecule has 2 N–H and O–H groups in total. The predicted octanol–water partition coefficient (Wildman–Crippen LogP) is 4.12. The molecule has 3 atom stereocenters. The van der Waals surface area contributed by atoms with Gasteiger partial charge in [-0.3, -0.25) is 0 Å². The third kappa shape index (κ3) is 3.00. The first kappa shape index (κ1) is 15.3. The molecule has 112 valence electrons. The van der Waals surface area contributed by atoms with E-state index in [9.17, 15) is 0 Å². The van der Waals surface area contributed by atoms with Gasteiger partial charge in [0.15, 0.2) is 0 Å². The van der Waals surface area contributed by atoms with Crippen molar-refractivity contribution in [2.45, 2.75) is 90.9 Å². The maximum Gasteiger partial charge on any atom is 0.0680 e. The summed E-state index contributed by atoms with van der Waals surface area (Å²) in [4.78, 5) is 0. The minimum absolute atomic E-state index is 0.0363. The third-order valence-corrected chi connectivity index (χ3v) is 5.21. The molecule has 2 heteroatoms. The van der Waals surface area contributed by atoms with Crippen LogP contribution in [0.25, 0.3) is 0 Å². The minimum atomic E-state index is -0.106. The maximum atomic E-state index is 6.95. The van der Waals surface area contributed by atoms with Crippen molar-refractivity contribution in [3.05, 3.63) is 0 Å². The third-order valence-electron chi connectivity index (χ3n) is 5.21. The highest BCUT2D eigenvalue weighted by atomic mass is 16.5. The minimum Gasteiger partial charge on any atom is -0.369 e. The lowest BCUT2D eigenvalue weighted by Gasteiger charge is -2.51. The van der Waals surface area contributed by atoms with Gasteiger partial charge >= 0.3 is 0 Å². The Morgan fingerprint density at radius 3 is 1.95 bits per heavy atom. The van der Waals surface area contributed by atoms with E-state index in [1.54, 1.807) is 0 Å². The van der Waals surface area contributed by atoms with Crippen molar-refractivity contribution in [3.63, 3.8) is 0 Å². The Kier molecular flexibility index (Phi) is 3.39. The fourth-order valence-electron chi connectivity index (χ4n) is 5.42. The molecule has 0 aromatic rings. The molecule has 1 saturated carbocycles. The summed E-state index contributed by atoms with van der Waals surface area (Å²) < 4.78 is 6.29. The zero-order valence-corrected chi connectivity index (χ0v) is 14.0. The second-order valence-electron chi connectivity index (χ2n) is 9.31. The van der Waals surface area contributed by atoms with Gasteiger partial charge in [0.2, 0.25) is 0 Å². The average molecular weight is 267 g/mol. The van der Waals surface area contributed by atoms with Gasteiger partial charge in [0.25, 0.3) is 0 Å². The lowest BCUT2D eigenvalue weighted by Crippen LogP contribution is -2.58. The van der Waals surface area contributed by atoms with Gasteiger partial charge in [-0.05, 0) is 64.7 Å². The lowest BCUT2D eigenvalue weighted by molar-refractivity contribution is -0.0888. The largest absolute Gasteiger partial charge is 0.369 e. The summed E-state index contributed by atoms with van der Waals surface area (Å²) in [5.41, 5.74) is 7.09. The van der Waals surface area contributed by atoms with Gasteiger partial charge in [-0.25, -0.2) is 0 Å². The van der Waals surface area contributed by atoms with Crippen LogP contribution in [-0.4, -0.2) is 16.7 Å². The van der Waals surface area contributed by atoms with E-state index in [4.69, 9.17) is 10.5 Å². The van der Waals surface area contributed by atoms with Crippen molar-refractivity contribution < 1.29 is 4.74 Å². The van der Waals surface area contributed by atoms with Gasteiger partial charge in [-0.2, -0.15) is 0 Å². The Balaban J connectivity index is 2.29. The zero-order valence-electron chi connectivity index (χ0n) is 14.0. The predicted molar refractivity (Wildman–Crippen MR) is 81.1 cm³/mol. The monoisotopic (exact) mass is 267 g/mol. The molecule has 19 heavy (non-hydrogen) atoms. The topological polar surface area (TPSA) is 35.2 Å². The summed E-state index contributed by atoms with van der Waals surface area (Å²) in [6.45, 7) is 16.0. The summed E-state index contributed by atoms with van der Waals surface area (Å²) in [5.74, 6) is 1.17. The van der Waals surface area contributed by atoms with Crippen LogP contribution in [0, 0.1) is 17.3 Å². The molecule has 1 aliphatic carbocycles. The highest BCUT2D eigenvalue weighted by Crippen LogP contribution is 2.54. The Morgan fingerprint density at radius 1 is 0.947 bits per heavy atom. The molecular formula is C17H33NO.